The lowest BCUT2D eigenvalue weighted by Crippen LogP contribution is -2.46. The SMILES string of the molecule is CCC1(CO)CCN(C(=O)Nc2cccc(S(C)=O)c2)CC1. The van der Waals surface area contributed by atoms with Crippen molar-refractivity contribution in [2.24, 2.45) is 5.41 Å². The molecule has 0 bridgehead atoms. The molecule has 1 saturated heterocycles. The number of hydrogen-bond donors (Lipinski definition) is 2. The predicted molar refractivity (Wildman–Crippen MR) is 88.4 cm³/mol. The Bertz CT molecular complexity index is 548. The first-order chi connectivity index (χ1) is 10.5. The molecule has 2 rings (SSSR count). The van der Waals surface area contributed by atoms with Crippen molar-refractivity contribution >= 4 is 22.5 Å². The van der Waals surface area contributed by atoms with Gasteiger partial charge in [-0.05, 0) is 42.9 Å². The Labute approximate surface area is 134 Å². The summed E-state index contributed by atoms with van der Waals surface area (Å²) in [6.07, 6.45) is 4.20. The highest BCUT2D eigenvalue weighted by Crippen LogP contribution is 2.34. The van der Waals surface area contributed by atoms with E-state index in [1.807, 2.05) is 0 Å². The number of anilines is 1. The number of nitrogens with one attached hydrogen (secondary N) is 1. The van der Waals surface area contributed by atoms with E-state index in [9.17, 15) is 14.1 Å². The fourth-order valence-electron chi connectivity index (χ4n) is 2.76. The summed E-state index contributed by atoms with van der Waals surface area (Å²) in [6.45, 7) is 3.57. The van der Waals surface area contributed by atoms with E-state index in [0.29, 0.717) is 23.7 Å². The smallest absolute Gasteiger partial charge is 0.321 e. The van der Waals surface area contributed by atoms with Crippen molar-refractivity contribution in [3.05, 3.63) is 24.3 Å². The minimum absolute atomic E-state index is 0.0319. The van der Waals surface area contributed by atoms with E-state index in [-0.39, 0.29) is 18.1 Å². The lowest BCUT2D eigenvalue weighted by Gasteiger charge is -2.40. The second-order valence-electron chi connectivity index (χ2n) is 5.91. The summed E-state index contributed by atoms with van der Waals surface area (Å²) >= 11 is 0. The maximum Gasteiger partial charge on any atom is 0.321 e. The molecule has 1 atom stereocenters. The van der Waals surface area contributed by atoms with Gasteiger partial charge in [-0.3, -0.25) is 4.21 Å². The Hall–Kier alpha value is -1.40. The number of amides is 2. The lowest BCUT2D eigenvalue weighted by molar-refractivity contribution is 0.0542. The number of likely N-dealkylation sites (tertiary alicyclic amines) is 1. The van der Waals surface area contributed by atoms with Gasteiger partial charge in [-0.15, -0.1) is 0 Å². The maximum atomic E-state index is 12.3. The molecule has 1 unspecified atom stereocenters. The van der Waals surface area contributed by atoms with E-state index in [1.54, 1.807) is 35.4 Å². The van der Waals surface area contributed by atoms with Crippen molar-refractivity contribution < 1.29 is 14.1 Å². The van der Waals surface area contributed by atoms with E-state index in [1.165, 1.54) is 0 Å². The number of carbonyl (C=O) groups is 1. The summed E-state index contributed by atoms with van der Waals surface area (Å²) in [7, 11) is -1.06. The van der Waals surface area contributed by atoms with Crippen LogP contribution in [0, 0.1) is 5.41 Å². The summed E-state index contributed by atoms with van der Waals surface area (Å²) in [5.41, 5.74) is 0.627. The van der Waals surface area contributed by atoms with Crippen molar-refractivity contribution in [3.8, 4) is 0 Å². The Morgan fingerprint density at radius 1 is 1.41 bits per heavy atom. The highest BCUT2D eigenvalue weighted by Gasteiger charge is 2.33. The standard InChI is InChI=1S/C16H24N2O3S/c1-3-16(12-19)7-9-18(10-8-16)15(20)17-13-5-4-6-14(11-13)22(2)21/h4-6,11,19H,3,7-10,12H2,1-2H3,(H,17,20). The molecule has 122 valence electrons. The van der Waals surface area contributed by atoms with Crippen LogP contribution in [0.1, 0.15) is 26.2 Å². The molecule has 6 heteroatoms. The molecule has 22 heavy (non-hydrogen) atoms. The molecule has 1 aromatic rings. The van der Waals surface area contributed by atoms with Gasteiger partial charge in [0.15, 0.2) is 0 Å². The summed E-state index contributed by atoms with van der Waals surface area (Å²) in [6, 6.07) is 6.96. The summed E-state index contributed by atoms with van der Waals surface area (Å²) in [4.78, 5) is 14.8. The van der Waals surface area contributed by atoms with Crippen LogP contribution < -0.4 is 5.32 Å². The van der Waals surface area contributed by atoms with Gasteiger partial charge in [-0.2, -0.15) is 0 Å². The van der Waals surface area contributed by atoms with Crippen LogP contribution in [0.15, 0.2) is 29.2 Å². The van der Waals surface area contributed by atoms with Crippen LogP contribution in [0.25, 0.3) is 0 Å². The van der Waals surface area contributed by atoms with Gasteiger partial charge in [0.25, 0.3) is 0 Å². The number of aliphatic hydroxyl groups is 1. The second-order valence-corrected chi connectivity index (χ2v) is 7.29. The highest BCUT2D eigenvalue weighted by molar-refractivity contribution is 7.84. The fourth-order valence-corrected chi connectivity index (χ4v) is 3.33. The highest BCUT2D eigenvalue weighted by atomic mass is 32.2. The Balaban J connectivity index is 1.96. The molecule has 1 aliphatic heterocycles. The minimum atomic E-state index is -1.06. The number of rotatable bonds is 4. The van der Waals surface area contributed by atoms with Crippen molar-refractivity contribution in [1.29, 1.82) is 0 Å². The number of carbonyl (C=O) groups excluding carboxylic acids is 1. The van der Waals surface area contributed by atoms with Crippen LogP contribution in [-0.4, -0.2) is 46.2 Å². The monoisotopic (exact) mass is 324 g/mol. The van der Waals surface area contributed by atoms with Gasteiger partial charge in [0.05, 0.1) is 0 Å². The van der Waals surface area contributed by atoms with Crippen LogP contribution in [0.3, 0.4) is 0 Å². The zero-order valence-electron chi connectivity index (χ0n) is 13.2. The van der Waals surface area contributed by atoms with Gasteiger partial charge in [-0.1, -0.05) is 13.0 Å². The first kappa shape index (κ1) is 17.0. The molecular formula is C16H24N2O3S. The summed E-state index contributed by atoms with van der Waals surface area (Å²) in [5, 5.41) is 12.4. The lowest BCUT2D eigenvalue weighted by atomic mass is 9.77. The Kier molecular flexibility index (Phi) is 5.58. The normalized spacial score (nSPS) is 18.8. The van der Waals surface area contributed by atoms with Crippen molar-refractivity contribution in [2.75, 3.05) is 31.3 Å². The van der Waals surface area contributed by atoms with Gasteiger partial charge < -0.3 is 15.3 Å². The molecule has 0 radical (unpaired) electrons. The molecule has 0 spiro atoms. The minimum Gasteiger partial charge on any atom is -0.396 e. The molecule has 1 aromatic carbocycles. The first-order valence-electron chi connectivity index (χ1n) is 7.60. The van der Waals surface area contributed by atoms with E-state index in [0.717, 1.165) is 19.3 Å². The third-order valence-corrected chi connectivity index (χ3v) is 5.53. The molecule has 0 aliphatic carbocycles. The number of urea groups is 1. The van der Waals surface area contributed by atoms with Crippen LogP contribution in [0.4, 0.5) is 10.5 Å². The van der Waals surface area contributed by atoms with E-state index < -0.39 is 10.8 Å². The Morgan fingerprint density at radius 3 is 2.64 bits per heavy atom. The van der Waals surface area contributed by atoms with E-state index in [2.05, 4.69) is 12.2 Å². The summed E-state index contributed by atoms with van der Waals surface area (Å²) in [5.74, 6) is 0. The molecule has 1 fully saturated rings. The van der Waals surface area contributed by atoms with Crippen LogP contribution in [-0.2, 0) is 10.8 Å². The summed E-state index contributed by atoms with van der Waals surface area (Å²) < 4.78 is 11.5. The van der Waals surface area contributed by atoms with E-state index in [4.69, 9.17) is 0 Å². The van der Waals surface area contributed by atoms with Gasteiger partial charge in [0, 0.05) is 47.3 Å². The quantitative estimate of drug-likeness (QED) is 0.894. The average Bonchev–Trinajstić information content (AvgIpc) is 2.55. The molecule has 1 aliphatic rings. The topological polar surface area (TPSA) is 69.6 Å². The third kappa shape index (κ3) is 3.87. The third-order valence-electron chi connectivity index (χ3n) is 4.61. The molecule has 2 N–H and O–H groups in total. The van der Waals surface area contributed by atoms with Gasteiger partial charge in [-0.25, -0.2) is 4.79 Å². The van der Waals surface area contributed by atoms with Crippen LogP contribution in [0.5, 0.6) is 0 Å². The Morgan fingerprint density at radius 2 is 2.09 bits per heavy atom. The van der Waals surface area contributed by atoms with Crippen molar-refractivity contribution in [2.45, 2.75) is 31.1 Å². The largest absolute Gasteiger partial charge is 0.396 e. The number of nitrogens with zero attached hydrogens (tertiary/aromatic N) is 1. The average molecular weight is 324 g/mol. The molecule has 1 heterocycles. The number of benzene rings is 1. The molecular weight excluding hydrogens is 300 g/mol. The molecule has 0 saturated carbocycles. The van der Waals surface area contributed by atoms with Gasteiger partial charge >= 0.3 is 6.03 Å². The van der Waals surface area contributed by atoms with Crippen LogP contribution >= 0.6 is 0 Å². The second kappa shape index (κ2) is 7.24. The van der Waals surface area contributed by atoms with Crippen LogP contribution in [0.2, 0.25) is 0 Å². The van der Waals surface area contributed by atoms with Gasteiger partial charge in [0.2, 0.25) is 0 Å². The first-order valence-corrected chi connectivity index (χ1v) is 9.16. The number of piperidine rings is 1. The van der Waals surface area contributed by atoms with Gasteiger partial charge in [0.1, 0.15) is 0 Å². The number of aliphatic hydroxyl groups excluding tert-OH is 1. The fraction of sp³-hybridized carbons (Fsp3) is 0.562. The molecule has 0 aromatic heterocycles. The maximum absolute atomic E-state index is 12.3. The van der Waals surface area contributed by atoms with Crippen molar-refractivity contribution in [1.82, 2.24) is 4.90 Å². The molecule has 5 nitrogen and oxygen atoms in total. The van der Waals surface area contributed by atoms with E-state index >= 15 is 0 Å². The zero-order valence-corrected chi connectivity index (χ0v) is 14.0. The van der Waals surface area contributed by atoms with Crippen molar-refractivity contribution in [3.63, 3.8) is 0 Å². The number of hydrogen-bond acceptors (Lipinski definition) is 3. The predicted octanol–water partition coefficient (Wildman–Crippen LogP) is 2.44. The zero-order chi connectivity index (χ0) is 16.2. The molecule has 2 amide bonds.